The summed E-state index contributed by atoms with van der Waals surface area (Å²) >= 11 is 0. The Labute approximate surface area is 198 Å². The largest absolute Gasteiger partial charge is 0.374 e. The molecule has 0 aliphatic carbocycles. The van der Waals surface area contributed by atoms with Crippen molar-refractivity contribution in [3.05, 3.63) is 126 Å². The molecule has 0 radical (unpaired) electrons. The summed E-state index contributed by atoms with van der Waals surface area (Å²) in [4.78, 5) is 0. The summed E-state index contributed by atoms with van der Waals surface area (Å²) in [6.07, 6.45) is 6.86. The van der Waals surface area contributed by atoms with Crippen molar-refractivity contribution in [2.45, 2.75) is 39.7 Å². The van der Waals surface area contributed by atoms with Crippen molar-refractivity contribution in [1.82, 2.24) is 0 Å². The zero-order chi connectivity index (χ0) is 23.0. The van der Waals surface area contributed by atoms with Crippen molar-refractivity contribution >= 4 is 16.5 Å². The Morgan fingerprint density at radius 2 is 1.48 bits per heavy atom. The summed E-state index contributed by atoms with van der Waals surface area (Å²) in [6, 6.07) is 34.6. The molecule has 4 aromatic carbocycles. The summed E-state index contributed by atoms with van der Waals surface area (Å²) < 4.78 is 0. The van der Waals surface area contributed by atoms with Gasteiger partial charge in [0.2, 0.25) is 0 Å². The van der Waals surface area contributed by atoms with Crippen LogP contribution in [0, 0.1) is 0 Å². The minimum Gasteiger partial charge on any atom is -0.374 e. The molecule has 1 atom stereocenters. The highest BCUT2D eigenvalue weighted by Crippen LogP contribution is 2.37. The van der Waals surface area contributed by atoms with Gasteiger partial charge in [-0.3, -0.25) is 0 Å². The van der Waals surface area contributed by atoms with Crippen LogP contribution in [0.4, 0.5) is 5.69 Å². The lowest BCUT2D eigenvalue weighted by Crippen LogP contribution is -2.15. The van der Waals surface area contributed by atoms with Crippen LogP contribution in [-0.4, -0.2) is 0 Å². The molecule has 0 fully saturated rings. The number of anilines is 1. The third-order valence-electron chi connectivity index (χ3n) is 6.09. The average molecular weight is 432 g/mol. The first-order chi connectivity index (χ1) is 16.2. The van der Waals surface area contributed by atoms with Gasteiger partial charge in [-0.25, -0.2) is 0 Å². The van der Waals surface area contributed by atoms with Crippen LogP contribution in [0.2, 0.25) is 0 Å². The van der Waals surface area contributed by atoms with E-state index in [1.807, 2.05) is 0 Å². The number of hydrogen-bond donors (Lipinski definition) is 1. The Morgan fingerprint density at radius 3 is 2.27 bits per heavy atom. The van der Waals surface area contributed by atoms with Crippen molar-refractivity contribution in [2.75, 3.05) is 5.32 Å². The maximum absolute atomic E-state index is 3.95. The van der Waals surface area contributed by atoms with E-state index >= 15 is 0 Å². The minimum absolute atomic E-state index is 0.0327. The number of unbranched alkanes of at least 4 members (excludes halogenated alkanes) is 1. The first-order valence-electron chi connectivity index (χ1n) is 11.9. The van der Waals surface area contributed by atoms with Gasteiger partial charge in [0, 0.05) is 11.1 Å². The number of fused-ring (bicyclic) bond motifs is 1. The molecule has 0 aromatic heterocycles. The Kier molecular flexibility index (Phi) is 7.42. The van der Waals surface area contributed by atoms with E-state index in [4.69, 9.17) is 0 Å². The standard InChI is InChI=1S/C32H33N/c1-4-5-7-19-27(24(2)3)32(33-31-23-14-18-26-17-10-11-21-29(26)31)30-22-13-12-20-28(30)25-15-8-6-9-16-25/h6-23,32-33H,4-5H2,1-3H3/b19-7-. The Hall–Kier alpha value is -3.58. The van der Waals surface area contributed by atoms with Gasteiger partial charge in [-0.15, -0.1) is 0 Å². The van der Waals surface area contributed by atoms with Crippen LogP contribution >= 0.6 is 0 Å². The summed E-state index contributed by atoms with van der Waals surface area (Å²) in [7, 11) is 0. The van der Waals surface area contributed by atoms with Gasteiger partial charge in [0.25, 0.3) is 0 Å². The molecule has 1 nitrogen and oxygen atoms in total. The normalized spacial score (nSPS) is 12.1. The van der Waals surface area contributed by atoms with E-state index in [9.17, 15) is 0 Å². The predicted octanol–water partition coefficient (Wildman–Crippen LogP) is 9.35. The van der Waals surface area contributed by atoms with Crippen molar-refractivity contribution in [3.63, 3.8) is 0 Å². The van der Waals surface area contributed by atoms with Crippen LogP contribution in [0.15, 0.2) is 120 Å². The average Bonchev–Trinajstić information content (AvgIpc) is 2.86. The molecule has 4 aromatic rings. The van der Waals surface area contributed by atoms with E-state index in [-0.39, 0.29) is 6.04 Å². The SMILES string of the molecule is CCC/C=C\C(=C(C)C)C(Nc1cccc2ccccc12)c1ccccc1-c1ccccc1. The van der Waals surface area contributed by atoms with Gasteiger partial charge in [-0.1, -0.05) is 122 Å². The summed E-state index contributed by atoms with van der Waals surface area (Å²) in [6.45, 7) is 6.66. The quantitative estimate of drug-likeness (QED) is 0.274. The molecule has 0 heterocycles. The lowest BCUT2D eigenvalue weighted by molar-refractivity contribution is 0.912. The molecule has 0 aliphatic rings. The second kappa shape index (κ2) is 10.8. The topological polar surface area (TPSA) is 12.0 Å². The van der Waals surface area contributed by atoms with Crippen LogP contribution in [-0.2, 0) is 0 Å². The monoisotopic (exact) mass is 431 g/mol. The van der Waals surface area contributed by atoms with Gasteiger partial charge in [0.05, 0.1) is 6.04 Å². The zero-order valence-electron chi connectivity index (χ0n) is 19.9. The van der Waals surface area contributed by atoms with Crippen molar-refractivity contribution < 1.29 is 0 Å². The van der Waals surface area contributed by atoms with E-state index in [0.29, 0.717) is 0 Å². The van der Waals surface area contributed by atoms with Crippen molar-refractivity contribution in [2.24, 2.45) is 0 Å². The van der Waals surface area contributed by atoms with Gasteiger partial charge in [-0.05, 0) is 54.0 Å². The van der Waals surface area contributed by atoms with E-state index in [0.717, 1.165) is 18.5 Å². The van der Waals surface area contributed by atoms with Crippen LogP contribution in [0.25, 0.3) is 21.9 Å². The molecule has 0 bridgehead atoms. The summed E-state index contributed by atoms with van der Waals surface area (Å²) in [5, 5.41) is 6.44. The highest BCUT2D eigenvalue weighted by Gasteiger charge is 2.20. The van der Waals surface area contributed by atoms with E-state index < -0.39 is 0 Å². The summed E-state index contributed by atoms with van der Waals surface area (Å²) in [5.74, 6) is 0. The van der Waals surface area contributed by atoms with Gasteiger partial charge in [0.15, 0.2) is 0 Å². The van der Waals surface area contributed by atoms with Crippen LogP contribution in [0.3, 0.4) is 0 Å². The third-order valence-corrected chi connectivity index (χ3v) is 6.09. The Morgan fingerprint density at radius 1 is 0.788 bits per heavy atom. The molecule has 0 aliphatic heterocycles. The number of allylic oxidation sites excluding steroid dienone is 2. The third kappa shape index (κ3) is 5.26. The molecule has 0 amide bonds. The number of hydrogen-bond acceptors (Lipinski definition) is 1. The zero-order valence-corrected chi connectivity index (χ0v) is 19.9. The van der Waals surface area contributed by atoms with Gasteiger partial charge < -0.3 is 5.32 Å². The van der Waals surface area contributed by atoms with E-state index in [1.165, 1.54) is 38.6 Å². The Bertz CT molecular complexity index is 1250. The molecule has 0 spiro atoms. The van der Waals surface area contributed by atoms with Crippen LogP contribution in [0.5, 0.6) is 0 Å². The molecular weight excluding hydrogens is 398 g/mol. The highest BCUT2D eigenvalue weighted by molar-refractivity contribution is 5.94. The van der Waals surface area contributed by atoms with Crippen molar-refractivity contribution in [1.29, 1.82) is 0 Å². The second-order valence-corrected chi connectivity index (χ2v) is 8.70. The smallest absolute Gasteiger partial charge is 0.0772 e. The van der Waals surface area contributed by atoms with Crippen LogP contribution in [0.1, 0.15) is 45.2 Å². The van der Waals surface area contributed by atoms with Gasteiger partial charge in [0.1, 0.15) is 0 Å². The number of rotatable bonds is 8. The van der Waals surface area contributed by atoms with E-state index in [1.54, 1.807) is 0 Å². The summed E-state index contributed by atoms with van der Waals surface area (Å²) in [5.41, 5.74) is 7.59. The fourth-order valence-electron chi connectivity index (χ4n) is 4.39. The fourth-order valence-corrected chi connectivity index (χ4v) is 4.39. The second-order valence-electron chi connectivity index (χ2n) is 8.70. The molecule has 33 heavy (non-hydrogen) atoms. The molecule has 0 saturated heterocycles. The first-order valence-corrected chi connectivity index (χ1v) is 11.9. The number of benzene rings is 4. The first kappa shape index (κ1) is 22.6. The maximum atomic E-state index is 3.95. The molecule has 0 saturated carbocycles. The molecule has 1 N–H and O–H groups in total. The molecular formula is C32H33N. The van der Waals surface area contributed by atoms with Crippen LogP contribution < -0.4 is 5.32 Å². The minimum atomic E-state index is 0.0327. The molecule has 4 rings (SSSR count). The molecule has 1 unspecified atom stereocenters. The lowest BCUT2D eigenvalue weighted by atomic mass is 9.88. The lowest BCUT2D eigenvalue weighted by Gasteiger charge is -2.26. The molecule has 166 valence electrons. The highest BCUT2D eigenvalue weighted by atomic mass is 14.9. The molecule has 1 heteroatoms. The maximum Gasteiger partial charge on any atom is 0.0772 e. The fraction of sp³-hybridized carbons (Fsp3) is 0.188. The predicted molar refractivity (Wildman–Crippen MR) is 145 cm³/mol. The van der Waals surface area contributed by atoms with Gasteiger partial charge >= 0.3 is 0 Å². The Balaban J connectivity index is 1.89. The van der Waals surface area contributed by atoms with Gasteiger partial charge in [-0.2, -0.15) is 0 Å². The van der Waals surface area contributed by atoms with Crippen molar-refractivity contribution in [3.8, 4) is 11.1 Å². The van der Waals surface area contributed by atoms with E-state index in [2.05, 4.69) is 135 Å². The number of nitrogens with one attached hydrogen (secondary N) is 1.